The third-order valence-corrected chi connectivity index (χ3v) is 2.07. The fourth-order valence-electron chi connectivity index (χ4n) is 1.29. The number of carbonyl (C=O) groups is 1. The summed E-state index contributed by atoms with van der Waals surface area (Å²) < 4.78 is 0. The van der Waals surface area contributed by atoms with Gasteiger partial charge < -0.3 is 10.2 Å². The van der Waals surface area contributed by atoms with E-state index in [0.717, 1.165) is 11.1 Å². The second kappa shape index (κ2) is 4.77. The summed E-state index contributed by atoms with van der Waals surface area (Å²) in [5, 5.41) is 17.5. The van der Waals surface area contributed by atoms with E-state index in [4.69, 9.17) is 10.2 Å². The molecule has 0 saturated heterocycles. The molecule has 0 unspecified atom stereocenters. The summed E-state index contributed by atoms with van der Waals surface area (Å²) in [6, 6.07) is 7.84. The van der Waals surface area contributed by atoms with Gasteiger partial charge in [-0.25, -0.2) is 4.79 Å². The molecule has 1 aromatic rings. The van der Waals surface area contributed by atoms with Crippen molar-refractivity contribution in [2.24, 2.45) is 0 Å². The highest BCUT2D eigenvalue weighted by molar-refractivity contribution is 5.71. The van der Waals surface area contributed by atoms with Crippen LogP contribution in [0, 0.1) is 6.92 Å². The molecule has 76 valence electrons. The number of carboxylic acid groups (broad SMARTS) is 1. The second-order valence-corrected chi connectivity index (χ2v) is 3.38. The number of hydrogen-bond donors (Lipinski definition) is 2. The van der Waals surface area contributed by atoms with Crippen LogP contribution in [0.25, 0.3) is 0 Å². The van der Waals surface area contributed by atoms with Gasteiger partial charge in [-0.15, -0.1) is 0 Å². The van der Waals surface area contributed by atoms with Crippen LogP contribution in [0.2, 0.25) is 0 Å². The normalized spacial score (nSPS) is 12.4. The minimum absolute atomic E-state index is 0.263. The maximum Gasteiger partial charge on any atom is 0.332 e. The van der Waals surface area contributed by atoms with Crippen molar-refractivity contribution in [1.82, 2.24) is 0 Å². The number of hydrogen-bond acceptors (Lipinski definition) is 2. The summed E-state index contributed by atoms with van der Waals surface area (Å²) in [7, 11) is 0. The number of carboxylic acids is 1. The Hall–Kier alpha value is -1.35. The van der Waals surface area contributed by atoms with Crippen molar-refractivity contribution < 1.29 is 15.0 Å². The zero-order valence-electron chi connectivity index (χ0n) is 8.10. The van der Waals surface area contributed by atoms with Crippen molar-refractivity contribution in [1.29, 1.82) is 0 Å². The molecule has 3 heteroatoms. The number of aliphatic hydroxyl groups excluding tert-OH is 1. The lowest BCUT2D eigenvalue weighted by Gasteiger charge is -2.05. The monoisotopic (exact) mass is 194 g/mol. The quantitative estimate of drug-likeness (QED) is 0.761. The number of benzene rings is 1. The first kappa shape index (κ1) is 10.7. The minimum atomic E-state index is -1.25. The number of rotatable bonds is 4. The van der Waals surface area contributed by atoms with E-state index in [-0.39, 0.29) is 6.42 Å². The Balaban J connectivity index is 2.49. The molecule has 3 nitrogen and oxygen atoms in total. The van der Waals surface area contributed by atoms with E-state index in [0.29, 0.717) is 6.42 Å². The molecule has 0 saturated carbocycles. The molecule has 0 aromatic heterocycles. The third-order valence-electron chi connectivity index (χ3n) is 2.07. The van der Waals surface area contributed by atoms with Crippen molar-refractivity contribution in [2.75, 3.05) is 0 Å². The topological polar surface area (TPSA) is 57.5 Å². The maximum atomic E-state index is 10.3. The first-order valence-electron chi connectivity index (χ1n) is 4.56. The smallest absolute Gasteiger partial charge is 0.332 e. The van der Waals surface area contributed by atoms with E-state index in [1.807, 2.05) is 31.2 Å². The summed E-state index contributed by atoms with van der Waals surface area (Å²) >= 11 is 0. The van der Waals surface area contributed by atoms with Gasteiger partial charge in [0.2, 0.25) is 0 Å². The van der Waals surface area contributed by atoms with Gasteiger partial charge >= 0.3 is 5.97 Å². The molecular weight excluding hydrogens is 180 g/mol. The predicted molar refractivity (Wildman–Crippen MR) is 53.1 cm³/mol. The summed E-state index contributed by atoms with van der Waals surface area (Å²) in [4.78, 5) is 10.3. The molecule has 14 heavy (non-hydrogen) atoms. The van der Waals surface area contributed by atoms with Gasteiger partial charge in [-0.3, -0.25) is 0 Å². The standard InChI is InChI=1S/C11H14O3/c1-8-3-2-4-9(7-8)5-6-10(12)11(13)14/h2-4,7,10,12H,5-6H2,1H3,(H,13,14)/t10-/m1/s1. The molecule has 0 aliphatic carbocycles. The van der Waals surface area contributed by atoms with Crippen molar-refractivity contribution in [3.63, 3.8) is 0 Å². The van der Waals surface area contributed by atoms with E-state index < -0.39 is 12.1 Å². The molecule has 2 N–H and O–H groups in total. The van der Waals surface area contributed by atoms with Crippen LogP contribution in [-0.2, 0) is 11.2 Å². The maximum absolute atomic E-state index is 10.3. The van der Waals surface area contributed by atoms with Crippen molar-refractivity contribution in [2.45, 2.75) is 25.9 Å². The van der Waals surface area contributed by atoms with Crippen LogP contribution in [-0.4, -0.2) is 22.3 Å². The molecule has 0 aliphatic rings. The SMILES string of the molecule is Cc1cccc(CC[C@@H](O)C(=O)O)c1. The van der Waals surface area contributed by atoms with Crippen LogP contribution >= 0.6 is 0 Å². The lowest BCUT2D eigenvalue weighted by atomic mass is 10.0. The summed E-state index contributed by atoms with van der Waals surface area (Å²) in [5.41, 5.74) is 2.21. The van der Waals surface area contributed by atoms with Crippen molar-refractivity contribution >= 4 is 5.97 Å². The predicted octanol–water partition coefficient (Wildman–Crippen LogP) is 1.37. The Morgan fingerprint density at radius 3 is 2.79 bits per heavy atom. The molecule has 0 amide bonds. The van der Waals surface area contributed by atoms with E-state index in [9.17, 15) is 4.79 Å². The van der Waals surface area contributed by atoms with Gasteiger partial charge in [0.05, 0.1) is 0 Å². The van der Waals surface area contributed by atoms with E-state index in [1.165, 1.54) is 0 Å². The molecule has 1 rings (SSSR count). The molecular formula is C11H14O3. The summed E-state index contributed by atoms with van der Waals surface area (Å²) in [6.07, 6.45) is -0.399. The van der Waals surface area contributed by atoms with E-state index >= 15 is 0 Å². The summed E-state index contributed by atoms with van der Waals surface area (Å²) in [5.74, 6) is -1.15. The van der Waals surface area contributed by atoms with Crippen LogP contribution in [0.4, 0.5) is 0 Å². The molecule has 0 fully saturated rings. The Labute approximate surface area is 83.0 Å². The molecule has 0 bridgehead atoms. The fourth-order valence-corrected chi connectivity index (χ4v) is 1.29. The average molecular weight is 194 g/mol. The van der Waals surface area contributed by atoms with Gasteiger partial charge in [0, 0.05) is 0 Å². The zero-order valence-corrected chi connectivity index (χ0v) is 8.10. The molecule has 1 atom stereocenters. The van der Waals surface area contributed by atoms with Gasteiger partial charge in [-0.1, -0.05) is 29.8 Å². The first-order chi connectivity index (χ1) is 6.59. The van der Waals surface area contributed by atoms with Crippen LogP contribution in [0.15, 0.2) is 24.3 Å². The highest BCUT2D eigenvalue weighted by Crippen LogP contribution is 2.08. The third kappa shape index (κ3) is 3.18. The van der Waals surface area contributed by atoms with Crippen molar-refractivity contribution in [3.8, 4) is 0 Å². The van der Waals surface area contributed by atoms with Crippen LogP contribution < -0.4 is 0 Å². The molecule has 0 heterocycles. The Bertz CT molecular complexity index is 320. The Morgan fingerprint density at radius 1 is 1.50 bits per heavy atom. The highest BCUT2D eigenvalue weighted by Gasteiger charge is 2.12. The molecule has 0 spiro atoms. The van der Waals surface area contributed by atoms with E-state index in [2.05, 4.69) is 0 Å². The van der Waals surface area contributed by atoms with Crippen LogP contribution in [0.5, 0.6) is 0 Å². The lowest BCUT2D eigenvalue weighted by molar-refractivity contribution is -0.146. The molecule has 0 radical (unpaired) electrons. The van der Waals surface area contributed by atoms with Crippen LogP contribution in [0.3, 0.4) is 0 Å². The van der Waals surface area contributed by atoms with Gasteiger partial charge in [0.25, 0.3) is 0 Å². The number of aryl methyl sites for hydroxylation is 2. The molecule has 0 aliphatic heterocycles. The average Bonchev–Trinajstić information content (AvgIpc) is 2.14. The fraction of sp³-hybridized carbons (Fsp3) is 0.364. The zero-order chi connectivity index (χ0) is 10.6. The first-order valence-corrected chi connectivity index (χ1v) is 4.56. The van der Waals surface area contributed by atoms with Crippen molar-refractivity contribution in [3.05, 3.63) is 35.4 Å². The van der Waals surface area contributed by atoms with Gasteiger partial charge in [0.1, 0.15) is 0 Å². The van der Waals surface area contributed by atoms with Crippen LogP contribution in [0.1, 0.15) is 17.5 Å². The largest absolute Gasteiger partial charge is 0.479 e. The Kier molecular flexibility index (Phi) is 3.65. The van der Waals surface area contributed by atoms with Gasteiger partial charge in [0.15, 0.2) is 6.10 Å². The van der Waals surface area contributed by atoms with Gasteiger partial charge in [-0.05, 0) is 25.3 Å². The number of aliphatic hydroxyl groups is 1. The Morgan fingerprint density at radius 2 is 2.21 bits per heavy atom. The lowest BCUT2D eigenvalue weighted by Crippen LogP contribution is -2.19. The minimum Gasteiger partial charge on any atom is -0.479 e. The molecule has 1 aromatic carbocycles. The van der Waals surface area contributed by atoms with E-state index in [1.54, 1.807) is 0 Å². The highest BCUT2D eigenvalue weighted by atomic mass is 16.4. The summed E-state index contributed by atoms with van der Waals surface area (Å²) in [6.45, 7) is 1.98. The second-order valence-electron chi connectivity index (χ2n) is 3.38. The number of aliphatic carboxylic acids is 1. The van der Waals surface area contributed by atoms with Gasteiger partial charge in [-0.2, -0.15) is 0 Å².